The van der Waals surface area contributed by atoms with Gasteiger partial charge in [-0.3, -0.25) is 0 Å². The Morgan fingerprint density at radius 1 is 1.50 bits per heavy atom. The minimum atomic E-state index is -0.751. The number of nitrogens with one attached hydrogen (secondary N) is 1. The minimum absolute atomic E-state index is 0.602. The zero-order chi connectivity index (χ0) is 9.40. The van der Waals surface area contributed by atoms with Gasteiger partial charge in [0.2, 0.25) is 0 Å². The highest BCUT2D eigenvalue weighted by atomic mass is 16.3. The molecule has 0 aromatic carbocycles. The van der Waals surface area contributed by atoms with Crippen molar-refractivity contribution in [3.8, 4) is 0 Å². The van der Waals surface area contributed by atoms with Crippen LogP contribution < -0.4 is 4.90 Å². The van der Waals surface area contributed by atoms with Gasteiger partial charge in [-0.25, -0.2) is 0 Å². The van der Waals surface area contributed by atoms with Gasteiger partial charge in [0.05, 0.1) is 20.1 Å². The lowest BCUT2D eigenvalue weighted by Gasteiger charge is -2.12. The Hall–Kier alpha value is -0.410. The number of quaternary nitrogens is 1. The molecule has 0 aromatic heterocycles. The summed E-state index contributed by atoms with van der Waals surface area (Å²) in [6.07, 6.45) is 2.56. The third-order valence-corrected chi connectivity index (χ3v) is 1.94. The maximum absolute atomic E-state index is 10.0. The van der Waals surface area contributed by atoms with Crippen molar-refractivity contribution in [2.24, 2.45) is 0 Å². The van der Waals surface area contributed by atoms with E-state index in [1.54, 1.807) is 0 Å². The Labute approximate surface area is 74.4 Å². The lowest BCUT2D eigenvalue weighted by atomic mass is 10.2. The summed E-state index contributed by atoms with van der Waals surface area (Å²) in [5.41, 5.74) is 0. The zero-order valence-corrected chi connectivity index (χ0v) is 8.05. The third-order valence-electron chi connectivity index (χ3n) is 1.94. The topological polar surface area (TPSA) is 41.7 Å². The average molecular weight is 174 g/mol. The molecule has 0 amide bonds. The molecule has 3 heteroatoms. The van der Waals surface area contributed by atoms with E-state index in [4.69, 9.17) is 5.11 Å². The molecule has 0 spiro atoms. The van der Waals surface area contributed by atoms with Crippen LogP contribution in [-0.2, 0) is 4.79 Å². The number of rotatable bonds is 7. The van der Waals surface area contributed by atoms with E-state index in [9.17, 15) is 4.79 Å². The number of aliphatic hydroxyl groups excluding tert-OH is 1. The monoisotopic (exact) mass is 174 g/mol. The van der Waals surface area contributed by atoms with E-state index in [0.717, 1.165) is 19.5 Å². The Morgan fingerprint density at radius 3 is 2.67 bits per heavy atom. The molecular formula is C9H20NO2+. The van der Waals surface area contributed by atoms with E-state index in [-0.39, 0.29) is 0 Å². The maximum atomic E-state index is 10.0. The van der Waals surface area contributed by atoms with E-state index >= 15 is 0 Å². The fourth-order valence-corrected chi connectivity index (χ4v) is 1.23. The molecule has 2 N–H and O–H groups in total. The van der Waals surface area contributed by atoms with Crippen LogP contribution >= 0.6 is 0 Å². The van der Waals surface area contributed by atoms with E-state index < -0.39 is 6.10 Å². The lowest BCUT2D eigenvalue weighted by Crippen LogP contribution is -3.08. The Bertz CT molecular complexity index is 117. The molecule has 0 saturated heterocycles. The van der Waals surface area contributed by atoms with Gasteiger partial charge in [-0.1, -0.05) is 6.92 Å². The second kappa shape index (κ2) is 7.25. The highest BCUT2D eigenvalue weighted by Gasteiger charge is 2.04. The van der Waals surface area contributed by atoms with Crippen LogP contribution in [0.15, 0.2) is 0 Å². The summed E-state index contributed by atoms with van der Waals surface area (Å²) in [5, 5.41) is 8.92. The van der Waals surface area contributed by atoms with Gasteiger partial charge in [0.15, 0.2) is 0 Å². The first kappa shape index (κ1) is 11.6. The smallest absolute Gasteiger partial charge is 0.148 e. The molecule has 0 heterocycles. The molecule has 2 unspecified atom stereocenters. The molecule has 0 aromatic rings. The first-order valence-corrected chi connectivity index (χ1v) is 4.65. The standard InChI is InChI=1S/C9H19NO2/c1-3-6-10(2)7-4-5-9(12)8-11/h8-9,12H,3-7H2,1-2H3/p+1. The van der Waals surface area contributed by atoms with Crippen molar-refractivity contribution in [1.29, 1.82) is 0 Å². The maximum Gasteiger partial charge on any atom is 0.148 e. The van der Waals surface area contributed by atoms with Gasteiger partial charge < -0.3 is 14.8 Å². The van der Waals surface area contributed by atoms with Crippen LogP contribution in [0.4, 0.5) is 0 Å². The predicted molar refractivity (Wildman–Crippen MR) is 48.2 cm³/mol. The summed E-state index contributed by atoms with van der Waals surface area (Å²) in [5.74, 6) is 0. The first-order chi connectivity index (χ1) is 5.70. The van der Waals surface area contributed by atoms with Crippen LogP contribution in [0.5, 0.6) is 0 Å². The van der Waals surface area contributed by atoms with E-state index in [1.165, 1.54) is 11.3 Å². The van der Waals surface area contributed by atoms with Crippen LogP contribution in [-0.4, -0.2) is 37.6 Å². The van der Waals surface area contributed by atoms with E-state index in [0.29, 0.717) is 12.7 Å². The molecule has 0 aliphatic heterocycles. The van der Waals surface area contributed by atoms with Gasteiger partial charge in [0.1, 0.15) is 12.4 Å². The van der Waals surface area contributed by atoms with Gasteiger partial charge in [-0.05, 0) is 19.3 Å². The van der Waals surface area contributed by atoms with Crippen molar-refractivity contribution in [3.63, 3.8) is 0 Å². The average Bonchev–Trinajstić information content (AvgIpc) is 2.04. The van der Waals surface area contributed by atoms with Crippen LogP contribution in [0.3, 0.4) is 0 Å². The van der Waals surface area contributed by atoms with Crippen molar-refractivity contribution < 1.29 is 14.8 Å². The SMILES string of the molecule is CCC[NH+](C)CCCC(O)C=O. The molecule has 72 valence electrons. The molecule has 0 bridgehead atoms. The predicted octanol–water partition coefficient (Wildman–Crippen LogP) is -0.749. The fourth-order valence-electron chi connectivity index (χ4n) is 1.23. The van der Waals surface area contributed by atoms with Crippen molar-refractivity contribution >= 4 is 6.29 Å². The first-order valence-electron chi connectivity index (χ1n) is 4.65. The van der Waals surface area contributed by atoms with Crippen LogP contribution in [0, 0.1) is 0 Å². The van der Waals surface area contributed by atoms with Crippen molar-refractivity contribution in [1.82, 2.24) is 0 Å². The summed E-state index contributed by atoms with van der Waals surface area (Å²) in [4.78, 5) is 11.5. The van der Waals surface area contributed by atoms with Crippen molar-refractivity contribution in [2.75, 3.05) is 20.1 Å². The summed E-state index contributed by atoms with van der Waals surface area (Å²) < 4.78 is 0. The molecule has 0 radical (unpaired) electrons. The summed E-state index contributed by atoms with van der Waals surface area (Å²) in [6.45, 7) is 4.36. The summed E-state index contributed by atoms with van der Waals surface area (Å²) in [7, 11) is 2.14. The number of carbonyl (C=O) groups is 1. The normalized spacial score (nSPS) is 15.6. The van der Waals surface area contributed by atoms with E-state index in [2.05, 4.69) is 14.0 Å². The van der Waals surface area contributed by atoms with Gasteiger partial charge in [0.25, 0.3) is 0 Å². The number of carbonyl (C=O) groups excluding carboxylic acids is 1. The second-order valence-electron chi connectivity index (χ2n) is 3.30. The molecule has 0 fully saturated rings. The highest BCUT2D eigenvalue weighted by molar-refractivity contribution is 5.55. The third kappa shape index (κ3) is 6.31. The van der Waals surface area contributed by atoms with Crippen molar-refractivity contribution in [2.45, 2.75) is 32.3 Å². The van der Waals surface area contributed by atoms with Gasteiger partial charge in [0, 0.05) is 0 Å². The Kier molecular flexibility index (Phi) is 7.00. The van der Waals surface area contributed by atoms with Crippen LogP contribution in [0.1, 0.15) is 26.2 Å². The van der Waals surface area contributed by atoms with Gasteiger partial charge in [-0.15, -0.1) is 0 Å². The van der Waals surface area contributed by atoms with Gasteiger partial charge in [-0.2, -0.15) is 0 Å². The molecule has 12 heavy (non-hydrogen) atoms. The highest BCUT2D eigenvalue weighted by Crippen LogP contribution is 1.90. The minimum Gasteiger partial charge on any atom is -0.386 e. The molecule has 2 atom stereocenters. The molecule has 0 aliphatic carbocycles. The molecule has 0 rings (SSSR count). The molecule has 3 nitrogen and oxygen atoms in total. The summed E-state index contributed by atoms with van der Waals surface area (Å²) >= 11 is 0. The molecular weight excluding hydrogens is 154 g/mol. The Balaban J connectivity index is 3.23. The van der Waals surface area contributed by atoms with Crippen LogP contribution in [0.25, 0.3) is 0 Å². The number of aldehydes is 1. The largest absolute Gasteiger partial charge is 0.386 e. The Morgan fingerprint density at radius 2 is 2.17 bits per heavy atom. The zero-order valence-electron chi connectivity index (χ0n) is 8.05. The number of aliphatic hydroxyl groups is 1. The molecule has 0 saturated carbocycles. The number of hydrogen-bond acceptors (Lipinski definition) is 2. The quantitative estimate of drug-likeness (QED) is 0.499. The van der Waals surface area contributed by atoms with Crippen LogP contribution in [0.2, 0.25) is 0 Å². The van der Waals surface area contributed by atoms with Crippen molar-refractivity contribution in [3.05, 3.63) is 0 Å². The fraction of sp³-hybridized carbons (Fsp3) is 0.889. The lowest BCUT2D eigenvalue weighted by molar-refractivity contribution is -0.879. The van der Waals surface area contributed by atoms with E-state index in [1.807, 2.05) is 0 Å². The molecule has 0 aliphatic rings. The summed E-state index contributed by atoms with van der Waals surface area (Å²) in [6, 6.07) is 0. The van der Waals surface area contributed by atoms with Gasteiger partial charge >= 0.3 is 0 Å². The second-order valence-corrected chi connectivity index (χ2v) is 3.30. The number of hydrogen-bond donors (Lipinski definition) is 2.